The molecule has 3 aromatic rings. The number of carbonyl (C=O) groups excluding carboxylic acids is 1. The van der Waals surface area contributed by atoms with E-state index in [-0.39, 0.29) is 5.91 Å². The minimum atomic E-state index is -0.00367. The SMILES string of the molecule is CC(C)CCc1nc2c(o1)CCN(C(=O)c1ccc(-c3nnn(C)n3)cc1)C2. The van der Waals surface area contributed by atoms with Crippen molar-refractivity contribution in [3.8, 4) is 11.4 Å². The minimum absolute atomic E-state index is 0.00367. The number of aryl methyl sites for hydroxylation is 2. The number of tetrazole rings is 1. The Morgan fingerprint density at radius 1 is 1.25 bits per heavy atom. The molecule has 1 aliphatic heterocycles. The van der Waals surface area contributed by atoms with Crippen LogP contribution in [0, 0.1) is 5.92 Å². The second-order valence-corrected chi connectivity index (χ2v) is 7.57. The highest BCUT2D eigenvalue weighted by Crippen LogP contribution is 2.23. The van der Waals surface area contributed by atoms with Crippen molar-refractivity contribution in [2.24, 2.45) is 13.0 Å². The Hall–Kier alpha value is -3.03. The summed E-state index contributed by atoms with van der Waals surface area (Å²) in [6.45, 7) is 5.51. The smallest absolute Gasteiger partial charge is 0.254 e. The molecule has 0 radical (unpaired) electrons. The molecule has 3 heterocycles. The van der Waals surface area contributed by atoms with Crippen molar-refractivity contribution in [3.63, 3.8) is 0 Å². The Bertz CT molecular complexity index is 973. The zero-order chi connectivity index (χ0) is 19.7. The molecule has 0 spiro atoms. The quantitative estimate of drug-likeness (QED) is 0.676. The molecule has 0 saturated carbocycles. The van der Waals surface area contributed by atoms with Crippen molar-refractivity contribution in [3.05, 3.63) is 47.2 Å². The van der Waals surface area contributed by atoms with Crippen LogP contribution in [0.1, 0.15) is 48.0 Å². The van der Waals surface area contributed by atoms with Crippen molar-refractivity contribution < 1.29 is 9.21 Å². The monoisotopic (exact) mass is 380 g/mol. The van der Waals surface area contributed by atoms with Gasteiger partial charge in [-0.05, 0) is 29.7 Å². The van der Waals surface area contributed by atoms with Gasteiger partial charge in [0.2, 0.25) is 5.82 Å². The van der Waals surface area contributed by atoms with E-state index >= 15 is 0 Å². The van der Waals surface area contributed by atoms with Crippen LogP contribution in [-0.4, -0.2) is 42.5 Å². The van der Waals surface area contributed by atoms with Gasteiger partial charge < -0.3 is 9.32 Å². The zero-order valence-electron chi connectivity index (χ0n) is 16.4. The molecule has 1 amide bonds. The summed E-state index contributed by atoms with van der Waals surface area (Å²) < 4.78 is 5.89. The third-order valence-electron chi connectivity index (χ3n) is 4.89. The Morgan fingerprint density at radius 3 is 2.71 bits per heavy atom. The van der Waals surface area contributed by atoms with E-state index in [2.05, 4.69) is 34.2 Å². The number of rotatable bonds is 5. The fourth-order valence-corrected chi connectivity index (χ4v) is 3.29. The molecular formula is C20H24N6O2. The fraction of sp³-hybridized carbons (Fsp3) is 0.450. The first-order chi connectivity index (χ1) is 13.5. The largest absolute Gasteiger partial charge is 0.445 e. The van der Waals surface area contributed by atoms with Gasteiger partial charge in [-0.15, -0.1) is 10.2 Å². The number of amides is 1. The zero-order valence-corrected chi connectivity index (χ0v) is 16.4. The molecule has 28 heavy (non-hydrogen) atoms. The first-order valence-electron chi connectivity index (χ1n) is 9.61. The summed E-state index contributed by atoms with van der Waals surface area (Å²) in [6.07, 6.45) is 2.60. The number of carbonyl (C=O) groups is 1. The van der Waals surface area contributed by atoms with E-state index in [1.165, 1.54) is 4.80 Å². The lowest BCUT2D eigenvalue weighted by molar-refractivity contribution is 0.0728. The highest BCUT2D eigenvalue weighted by Gasteiger charge is 2.26. The van der Waals surface area contributed by atoms with Crippen LogP contribution in [0.25, 0.3) is 11.4 Å². The highest BCUT2D eigenvalue weighted by molar-refractivity contribution is 5.94. The minimum Gasteiger partial charge on any atom is -0.445 e. The van der Waals surface area contributed by atoms with Gasteiger partial charge in [-0.1, -0.05) is 26.0 Å². The third-order valence-corrected chi connectivity index (χ3v) is 4.89. The van der Waals surface area contributed by atoms with E-state index < -0.39 is 0 Å². The van der Waals surface area contributed by atoms with Gasteiger partial charge >= 0.3 is 0 Å². The summed E-state index contributed by atoms with van der Waals surface area (Å²) in [5.74, 6) is 2.86. The van der Waals surface area contributed by atoms with E-state index in [4.69, 9.17) is 4.42 Å². The van der Waals surface area contributed by atoms with Crippen molar-refractivity contribution in [1.82, 2.24) is 30.1 Å². The molecular weight excluding hydrogens is 356 g/mol. The average Bonchev–Trinajstić information content (AvgIpc) is 3.31. The molecule has 0 fully saturated rings. The Balaban J connectivity index is 1.44. The van der Waals surface area contributed by atoms with E-state index in [0.717, 1.165) is 35.7 Å². The van der Waals surface area contributed by atoms with Crippen LogP contribution in [0.15, 0.2) is 28.7 Å². The van der Waals surface area contributed by atoms with Gasteiger partial charge in [-0.2, -0.15) is 4.80 Å². The van der Waals surface area contributed by atoms with E-state index in [9.17, 15) is 4.79 Å². The van der Waals surface area contributed by atoms with Crippen LogP contribution in [0.2, 0.25) is 0 Å². The number of aromatic nitrogens is 5. The molecule has 146 valence electrons. The molecule has 4 rings (SSSR count). The van der Waals surface area contributed by atoms with Crippen LogP contribution in [0.5, 0.6) is 0 Å². The lowest BCUT2D eigenvalue weighted by atomic mass is 10.1. The third kappa shape index (κ3) is 3.81. The van der Waals surface area contributed by atoms with Crippen molar-refractivity contribution in [1.29, 1.82) is 0 Å². The summed E-state index contributed by atoms with van der Waals surface area (Å²) in [4.78, 5) is 20.8. The average molecular weight is 380 g/mol. The number of hydrogen-bond donors (Lipinski definition) is 0. The van der Waals surface area contributed by atoms with E-state index in [1.807, 2.05) is 17.0 Å². The number of nitrogens with zero attached hydrogens (tertiary/aromatic N) is 6. The van der Waals surface area contributed by atoms with Gasteiger partial charge in [0.05, 0.1) is 13.6 Å². The second-order valence-electron chi connectivity index (χ2n) is 7.57. The molecule has 0 unspecified atom stereocenters. The fourth-order valence-electron chi connectivity index (χ4n) is 3.29. The van der Waals surface area contributed by atoms with Gasteiger partial charge in [0, 0.05) is 30.5 Å². The van der Waals surface area contributed by atoms with Crippen molar-refractivity contribution >= 4 is 5.91 Å². The van der Waals surface area contributed by atoms with Crippen LogP contribution in [-0.2, 0) is 26.4 Å². The summed E-state index contributed by atoms with van der Waals surface area (Å²) >= 11 is 0. The van der Waals surface area contributed by atoms with Gasteiger partial charge in [0.1, 0.15) is 11.5 Å². The van der Waals surface area contributed by atoms with Gasteiger partial charge in [-0.25, -0.2) is 4.98 Å². The predicted octanol–water partition coefficient (Wildman–Crippen LogP) is 2.65. The molecule has 1 aliphatic rings. The van der Waals surface area contributed by atoms with Gasteiger partial charge in [-0.3, -0.25) is 4.79 Å². The van der Waals surface area contributed by atoms with Crippen molar-refractivity contribution in [2.75, 3.05) is 6.54 Å². The van der Waals surface area contributed by atoms with Gasteiger partial charge in [0.25, 0.3) is 5.91 Å². The Labute approximate surface area is 163 Å². The van der Waals surface area contributed by atoms with Gasteiger partial charge in [0.15, 0.2) is 5.89 Å². The maximum atomic E-state index is 12.9. The molecule has 0 saturated heterocycles. The maximum absolute atomic E-state index is 12.9. The molecule has 2 aromatic heterocycles. The molecule has 0 atom stereocenters. The molecule has 0 aliphatic carbocycles. The first-order valence-corrected chi connectivity index (χ1v) is 9.61. The molecule has 0 N–H and O–H groups in total. The maximum Gasteiger partial charge on any atom is 0.254 e. The number of fused-ring (bicyclic) bond motifs is 1. The molecule has 8 nitrogen and oxygen atoms in total. The van der Waals surface area contributed by atoms with E-state index in [0.29, 0.717) is 36.8 Å². The summed E-state index contributed by atoms with van der Waals surface area (Å²) in [5.41, 5.74) is 2.36. The molecule has 1 aromatic carbocycles. The summed E-state index contributed by atoms with van der Waals surface area (Å²) in [6, 6.07) is 7.31. The lowest BCUT2D eigenvalue weighted by Gasteiger charge is -2.25. The number of benzene rings is 1. The highest BCUT2D eigenvalue weighted by atomic mass is 16.4. The number of hydrogen-bond acceptors (Lipinski definition) is 6. The second kappa shape index (κ2) is 7.53. The standard InChI is InChI=1S/C20H24N6O2/c1-13(2)4-9-18-21-16-12-26(11-10-17(16)28-18)20(27)15-7-5-14(6-8-15)19-22-24-25(3)23-19/h5-8,13H,4,9-12H2,1-3H3. The lowest BCUT2D eigenvalue weighted by Crippen LogP contribution is -2.35. The first kappa shape index (κ1) is 18.3. The van der Waals surface area contributed by atoms with Crippen molar-refractivity contribution in [2.45, 2.75) is 39.7 Å². The molecule has 0 bridgehead atoms. The van der Waals surface area contributed by atoms with Crippen LogP contribution in [0.3, 0.4) is 0 Å². The van der Waals surface area contributed by atoms with E-state index in [1.54, 1.807) is 19.2 Å². The Kier molecular flexibility index (Phi) is 4.93. The number of oxazole rings is 1. The molecule has 8 heteroatoms. The predicted molar refractivity (Wildman–Crippen MR) is 102 cm³/mol. The van der Waals surface area contributed by atoms with Crippen LogP contribution >= 0.6 is 0 Å². The normalized spacial score (nSPS) is 13.8. The topological polar surface area (TPSA) is 89.9 Å². The summed E-state index contributed by atoms with van der Waals surface area (Å²) in [7, 11) is 1.72. The van der Waals surface area contributed by atoms with Crippen LogP contribution in [0.4, 0.5) is 0 Å². The van der Waals surface area contributed by atoms with Crippen LogP contribution < -0.4 is 0 Å². The summed E-state index contributed by atoms with van der Waals surface area (Å²) in [5, 5.41) is 12.0. The Morgan fingerprint density at radius 2 is 2.04 bits per heavy atom.